The van der Waals surface area contributed by atoms with Crippen molar-refractivity contribution in [2.24, 2.45) is 0 Å². The summed E-state index contributed by atoms with van der Waals surface area (Å²) in [5, 5.41) is 12.3. The molecule has 0 saturated heterocycles. The zero-order valence-electron chi connectivity index (χ0n) is 13.6. The molecule has 1 aromatic carbocycles. The van der Waals surface area contributed by atoms with Gasteiger partial charge >= 0.3 is 0 Å². The fraction of sp³-hybridized carbons (Fsp3) is 0.167. The van der Waals surface area contributed by atoms with Crippen molar-refractivity contribution in [3.63, 3.8) is 0 Å². The number of hydrogen-bond donors (Lipinski definition) is 3. The van der Waals surface area contributed by atoms with Gasteiger partial charge in [0, 0.05) is 23.4 Å². The number of hydrogen-bond acceptors (Lipinski definition) is 4. The molecular weight excluding hydrogens is 356 g/mol. The van der Waals surface area contributed by atoms with Crippen molar-refractivity contribution in [1.82, 2.24) is 20.2 Å². The Labute approximate surface area is 150 Å². The standard InChI is InChI=1S/C18H15F2N5S/c19-11-7-15(20)26(9-11)18-21-13-4-2-1-3-12(13)17(23-18)22-16-8-14(24-25-16)10-5-6-10/h1-4,7-10,26H,5-6H2,(H2,21,22,23,24,25). The summed E-state index contributed by atoms with van der Waals surface area (Å²) in [6, 6.07) is 9.44. The van der Waals surface area contributed by atoms with Crippen molar-refractivity contribution in [2.75, 3.05) is 5.32 Å². The molecule has 1 fully saturated rings. The summed E-state index contributed by atoms with van der Waals surface area (Å²) < 4.78 is 27.5. The van der Waals surface area contributed by atoms with Crippen LogP contribution in [-0.4, -0.2) is 20.2 Å². The maximum atomic E-state index is 14.1. The minimum absolute atomic E-state index is 0.282. The summed E-state index contributed by atoms with van der Waals surface area (Å²) in [7, 11) is -1.63. The van der Waals surface area contributed by atoms with E-state index in [2.05, 4.69) is 25.5 Å². The molecule has 3 aromatic rings. The molecule has 1 unspecified atom stereocenters. The highest BCUT2D eigenvalue weighted by Gasteiger charge is 2.26. The number of aromatic amines is 1. The zero-order chi connectivity index (χ0) is 17.7. The molecule has 0 bridgehead atoms. The van der Waals surface area contributed by atoms with Crippen LogP contribution >= 0.6 is 10.9 Å². The topological polar surface area (TPSA) is 66.5 Å². The van der Waals surface area contributed by atoms with Gasteiger partial charge in [0.05, 0.1) is 11.2 Å². The number of fused-ring (bicyclic) bond motifs is 1. The van der Waals surface area contributed by atoms with E-state index in [1.54, 1.807) is 0 Å². The van der Waals surface area contributed by atoms with Crippen molar-refractivity contribution in [1.29, 1.82) is 0 Å². The first kappa shape index (κ1) is 15.5. The van der Waals surface area contributed by atoms with Gasteiger partial charge in [-0.05, 0) is 30.4 Å². The van der Waals surface area contributed by atoms with Crippen LogP contribution in [0.25, 0.3) is 10.9 Å². The highest BCUT2D eigenvalue weighted by molar-refractivity contribution is 8.22. The number of allylic oxidation sites excluding steroid dienone is 2. The normalized spacial score (nSPS) is 20.9. The number of benzene rings is 1. The minimum Gasteiger partial charge on any atom is -0.325 e. The van der Waals surface area contributed by atoms with Crippen LogP contribution in [0.5, 0.6) is 0 Å². The number of anilines is 2. The first-order chi connectivity index (χ1) is 12.7. The van der Waals surface area contributed by atoms with Gasteiger partial charge in [-0.15, -0.1) is 10.9 Å². The molecule has 8 heteroatoms. The summed E-state index contributed by atoms with van der Waals surface area (Å²) in [5.41, 5.74) is 1.71. The molecule has 0 amide bonds. The van der Waals surface area contributed by atoms with Crippen LogP contribution in [0.15, 0.2) is 58.0 Å². The van der Waals surface area contributed by atoms with Gasteiger partial charge in [-0.2, -0.15) is 5.10 Å². The highest BCUT2D eigenvalue weighted by atomic mass is 32.2. The molecule has 5 nitrogen and oxygen atoms in total. The number of aromatic nitrogens is 4. The van der Waals surface area contributed by atoms with E-state index in [1.165, 1.54) is 18.2 Å². The van der Waals surface area contributed by atoms with E-state index < -0.39 is 21.9 Å². The molecule has 2 aromatic heterocycles. The van der Waals surface area contributed by atoms with Crippen molar-refractivity contribution >= 4 is 33.4 Å². The number of H-pyrrole nitrogens is 1. The molecule has 1 atom stereocenters. The Morgan fingerprint density at radius 1 is 1.15 bits per heavy atom. The summed E-state index contributed by atoms with van der Waals surface area (Å²) >= 11 is 0. The summed E-state index contributed by atoms with van der Waals surface area (Å²) in [6.45, 7) is 0. The molecule has 0 spiro atoms. The van der Waals surface area contributed by atoms with E-state index >= 15 is 0 Å². The molecule has 132 valence electrons. The molecule has 3 heterocycles. The lowest BCUT2D eigenvalue weighted by Gasteiger charge is -2.14. The fourth-order valence-electron chi connectivity index (χ4n) is 2.94. The van der Waals surface area contributed by atoms with Gasteiger partial charge in [-0.3, -0.25) is 5.10 Å². The first-order valence-corrected chi connectivity index (χ1v) is 9.71. The average molecular weight is 371 g/mol. The van der Waals surface area contributed by atoms with Gasteiger partial charge in [0.25, 0.3) is 0 Å². The van der Waals surface area contributed by atoms with E-state index in [1.807, 2.05) is 30.3 Å². The lowest BCUT2D eigenvalue weighted by atomic mass is 10.2. The Kier molecular flexibility index (Phi) is 3.53. The Balaban J connectivity index is 1.57. The van der Waals surface area contributed by atoms with E-state index in [9.17, 15) is 8.78 Å². The number of nitrogens with zero attached hydrogens (tertiary/aromatic N) is 3. The van der Waals surface area contributed by atoms with Gasteiger partial charge in [0.1, 0.15) is 22.6 Å². The van der Waals surface area contributed by atoms with Gasteiger partial charge in [0.15, 0.2) is 5.16 Å². The predicted octanol–water partition coefficient (Wildman–Crippen LogP) is 4.97. The minimum atomic E-state index is -1.63. The van der Waals surface area contributed by atoms with Gasteiger partial charge < -0.3 is 5.32 Å². The Morgan fingerprint density at radius 3 is 2.77 bits per heavy atom. The first-order valence-electron chi connectivity index (χ1n) is 8.30. The van der Waals surface area contributed by atoms with Crippen LogP contribution in [0.4, 0.5) is 20.4 Å². The molecule has 5 rings (SSSR count). The van der Waals surface area contributed by atoms with Gasteiger partial charge in [-0.1, -0.05) is 12.1 Å². The van der Waals surface area contributed by atoms with Crippen LogP contribution in [0.2, 0.25) is 0 Å². The van der Waals surface area contributed by atoms with Crippen LogP contribution in [0.3, 0.4) is 0 Å². The van der Waals surface area contributed by atoms with E-state index in [0.29, 0.717) is 17.3 Å². The number of para-hydroxylation sites is 1. The van der Waals surface area contributed by atoms with Crippen molar-refractivity contribution in [3.8, 4) is 0 Å². The fourth-order valence-corrected chi connectivity index (χ4v) is 4.38. The third-order valence-electron chi connectivity index (χ3n) is 4.39. The van der Waals surface area contributed by atoms with Crippen LogP contribution in [0, 0.1) is 0 Å². The molecule has 1 aliphatic heterocycles. The largest absolute Gasteiger partial charge is 0.325 e. The van der Waals surface area contributed by atoms with Crippen LogP contribution in [0.1, 0.15) is 24.5 Å². The smallest absolute Gasteiger partial charge is 0.179 e. The summed E-state index contributed by atoms with van der Waals surface area (Å²) in [4.78, 5) is 8.95. The number of nitrogens with one attached hydrogen (secondary N) is 2. The van der Waals surface area contributed by atoms with Crippen molar-refractivity contribution < 1.29 is 8.78 Å². The number of halogens is 2. The molecule has 1 saturated carbocycles. The molecular formula is C18H15F2N5S. The van der Waals surface area contributed by atoms with Gasteiger partial charge in [0.2, 0.25) is 0 Å². The lowest BCUT2D eigenvalue weighted by molar-refractivity contribution is 0.653. The van der Waals surface area contributed by atoms with Crippen LogP contribution in [-0.2, 0) is 0 Å². The van der Waals surface area contributed by atoms with E-state index in [4.69, 9.17) is 0 Å². The number of thiol groups is 1. The Bertz CT molecular complexity index is 1070. The number of rotatable bonds is 4. The third-order valence-corrected chi connectivity index (χ3v) is 6.12. The van der Waals surface area contributed by atoms with Gasteiger partial charge in [-0.25, -0.2) is 18.7 Å². The second-order valence-corrected chi connectivity index (χ2v) is 8.17. The predicted molar refractivity (Wildman–Crippen MR) is 99.0 cm³/mol. The maximum Gasteiger partial charge on any atom is 0.179 e. The highest BCUT2D eigenvalue weighted by Crippen LogP contribution is 2.50. The quantitative estimate of drug-likeness (QED) is 0.447. The summed E-state index contributed by atoms with van der Waals surface area (Å²) in [6.07, 6.45) is 3.23. The lowest BCUT2D eigenvalue weighted by Crippen LogP contribution is -2.00. The third kappa shape index (κ3) is 2.76. The second-order valence-electron chi connectivity index (χ2n) is 6.35. The van der Waals surface area contributed by atoms with E-state index in [-0.39, 0.29) is 5.16 Å². The monoisotopic (exact) mass is 371 g/mol. The molecule has 26 heavy (non-hydrogen) atoms. The Hall–Kier alpha value is -2.74. The van der Waals surface area contributed by atoms with Crippen molar-refractivity contribution in [2.45, 2.75) is 23.9 Å². The second kappa shape index (κ2) is 5.91. The molecule has 1 aliphatic carbocycles. The molecule has 2 N–H and O–H groups in total. The SMILES string of the molecule is FC1=C[SH](c2nc(Nc3cc(C4CC4)n[nH]3)c3ccccc3n2)C(F)=C1. The summed E-state index contributed by atoms with van der Waals surface area (Å²) in [5.74, 6) is 1.22. The van der Waals surface area contributed by atoms with Crippen molar-refractivity contribution in [3.05, 3.63) is 58.5 Å². The Morgan fingerprint density at radius 2 is 2.00 bits per heavy atom. The molecule has 0 radical (unpaired) electrons. The van der Waals surface area contributed by atoms with Crippen LogP contribution < -0.4 is 5.32 Å². The van der Waals surface area contributed by atoms with E-state index in [0.717, 1.165) is 23.0 Å². The maximum absolute atomic E-state index is 14.1. The zero-order valence-corrected chi connectivity index (χ0v) is 14.5. The average Bonchev–Trinajstić information content (AvgIpc) is 3.29. The molecule has 2 aliphatic rings.